The normalized spacial score (nSPS) is 22.1. The fraction of sp³-hybridized carbons (Fsp3) is 0.579. The molecule has 0 saturated carbocycles. The predicted octanol–water partition coefficient (Wildman–Crippen LogP) is 3.55. The Morgan fingerprint density at radius 1 is 1.14 bits per heavy atom. The Bertz CT molecular complexity index is 776. The number of carbonyl (C=O) groups is 2. The van der Waals surface area contributed by atoms with Crippen LogP contribution in [0.5, 0.6) is 5.75 Å². The summed E-state index contributed by atoms with van der Waals surface area (Å²) in [5.41, 5.74) is -0.0561. The zero-order valence-corrected chi connectivity index (χ0v) is 16.7. The SMILES string of the molecule is CC(=O)N(OC(C)(C)C)[C@@H]1C[C@H]2CN(c3ccc(OC(F)(F)F)cc3)C(=O)N2C1. The van der Waals surface area contributed by atoms with Gasteiger partial charge in [-0.05, 0) is 51.5 Å². The van der Waals surface area contributed by atoms with Gasteiger partial charge in [-0.15, -0.1) is 13.2 Å². The van der Waals surface area contributed by atoms with Crippen LogP contribution in [0.2, 0.25) is 0 Å². The second-order valence-electron chi connectivity index (χ2n) is 8.18. The number of benzene rings is 1. The molecular formula is C19H24F3N3O4. The highest BCUT2D eigenvalue weighted by atomic mass is 19.4. The Balaban J connectivity index is 1.67. The van der Waals surface area contributed by atoms with Gasteiger partial charge in [-0.3, -0.25) is 14.5 Å². The van der Waals surface area contributed by atoms with E-state index in [1.165, 1.54) is 41.2 Å². The largest absolute Gasteiger partial charge is 0.573 e. The van der Waals surface area contributed by atoms with E-state index in [4.69, 9.17) is 4.84 Å². The molecule has 29 heavy (non-hydrogen) atoms. The highest BCUT2D eigenvalue weighted by Gasteiger charge is 2.47. The lowest BCUT2D eigenvalue weighted by molar-refractivity contribution is -0.274. The maximum atomic E-state index is 12.8. The number of urea groups is 1. The average molecular weight is 415 g/mol. The van der Waals surface area contributed by atoms with Crippen molar-refractivity contribution in [1.29, 1.82) is 0 Å². The molecule has 2 fully saturated rings. The number of ether oxygens (including phenoxy) is 1. The van der Waals surface area contributed by atoms with Gasteiger partial charge in [0.2, 0.25) is 5.91 Å². The molecule has 0 aromatic heterocycles. The minimum absolute atomic E-state index is 0.107. The summed E-state index contributed by atoms with van der Waals surface area (Å²) in [7, 11) is 0. The molecule has 2 aliphatic rings. The number of hydrogen-bond donors (Lipinski definition) is 0. The molecule has 160 valence electrons. The molecule has 3 amide bonds. The van der Waals surface area contributed by atoms with Crippen LogP contribution in [0, 0.1) is 0 Å². The minimum Gasteiger partial charge on any atom is -0.406 e. The van der Waals surface area contributed by atoms with E-state index in [1.54, 1.807) is 4.90 Å². The molecular weight excluding hydrogens is 391 g/mol. The number of fused-ring (bicyclic) bond motifs is 1. The summed E-state index contributed by atoms with van der Waals surface area (Å²) in [6.07, 6.45) is -4.20. The van der Waals surface area contributed by atoms with Crippen LogP contribution < -0.4 is 9.64 Å². The van der Waals surface area contributed by atoms with Gasteiger partial charge >= 0.3 is 12.4 Å². The molecule has 2 saturated heterocycles. The van der Waals surface area contributed by atoms with Crippen molar-refractivity contribution in [1.82, 2.24) is 9.96 Å². The van der Waals surface area contributed by atoms with E-state index >= 15 is 0 Å². The van der Waals surface area contributed by atoms with Crippen LogP contribution in [-0.2, 0) is 9.63 Å². The molecule has 7 nitrogen and oxygen atoms in total. The zero-order chi connectivity index (χ0) is 21.6. The topological polar surface area (TPSA) is 62.3 Å². The third kappa shape index (κ3) is 4.92. The third-order valence-corrected chi connectivity index (χ3v) is 4.66. The molecule has 2 aliphatic heterocycles. The lowest BCUT2D eigenvalue weighted by Crippen LogP contribution is -2.46. The van der Waals surface area contributed by atoms with Crippen LogP contribution in [0.25, 0.3) is 0 Å². The van der Waals surface area contributed by atoms with Gasteiger partial charge in [0.15, 0.2) is 0 Å². The Morgan fingerprint density at radius 2 is 1.76 bits per heavy atom. The highest BCUT2D eigenvalue weighted by Crippen LogP contribution is 2.34. The average Bonchev–Trinajstić information content (AvgIpc) is 3.11. The number of amides is 3. The molecule has 1 aromatic rings. The van der Waals surface area contributed by atoms with Gasteiger partial charge in [-0.1, -0.05) is 0 Å². The van der Waals surface area contributed by atoms with Crippen molar-refractivity contribution in [2.75, 3.05) is 18.0 Å². The van der Waals surface area contributed by atoms with Crippen LogP contribution in [0.1, 0.15) is 34.1 Å². The van der Waals surface area contributed by atoms with E-state index in [9.17, 15) is 22.8 Å². The van der Waals surface area contributed by atoms with Crippen molar-refractivity contribution in [2.24, 2.45) is 0 Å². The minimum atomic E-state index is -4.76. The summed E-state index contributed by atoms with van der Waals surface area (Å²) in [5, 5.41) is 1.35. The summed E-state index contributed by atoms with van der Waals surface area (Å²) < 4.78 is 40.7. The number of hydroxylamine groups is 2. The van der Waals surface area contributed by atoms with Crippen LogP contribution in [-0.4, -0.2) is 59.0 Å². The molecule has 2 atom stereocenters. The van der Waals surface area contributed by atoms with Gasteiger partial charge in [0, 0.05) is 25.7 Å². The fourth-order valence-corrected chi connectivity index (χ4v) is 3.65. The molecule has 10 heteroatoms. The number of nitrogens with zero attached hydrogens (tertiary/aromatic N) is 3. The number of halogens is 3. The van der Waals surface area contributed by atoms with Crippen molar-refractivity contribution in [3.63, 3.8) is 0 Å². The second-order valence-corrected chi connectivity index (χ2v) is 8.18. The first-order valence-corrected chi connectivity index (χ1v) is 9.27. The van der Waals surface area contributed by atoms with E-state index in [2.05, 4.69) is 4.74 Å². The summed E-state index contributed by atoms with van der Waals surface area (Å²) in [6, 6.07) is 4.59. The summed E-state index contributed by atoms with van der Waals surface area (Å²) in [6.45, 7) is 7.68. The van der Waals surface area contributed by atoms with Crippen LogP contribution in [0.15, 0.2) is 24.3 Å². The van der Waals surface area contributed by atoms with Crippen LogP contribution in [0.4, 0.5) is 23.7 Å². The maximum Gasteiger partial charge on any atom is 0.573 e. The number of carbonyl (C=O) groups excluding carboxylic acids is 2. The summed E-state index contributed by atoms with van der Waals surface area (Å²) >= 11 is 0. The van der Waals surface area contributed by atoms with Crippen LogP contribution >= 0.6 is 0 Å². The second kappa shape index (κ2) is 7.40. The predicted molar refractivity (Wildman–Crippen MR) is 98.1 cm³/mol. The van der Waals surface area contributed by atoms with E-state index in [0.717, 1.165) is 0 Å². The Hall–Kier alpha value is -2.49. The molecule has 0 aliphatic carbocycles. The highest BCUT2D eigenvalue weighted by molar-refractivity contribution is 5.95. The monoisotopic (exact) mass is 415 g/mol. The molecule has 2 heterocycles. The first kappa shape index (κ1) is 21.2. The van der Waals surface area contributed by atoms with Crippen molar-refractivity contribution in [2.45, 2.75) is 58.2 Å². The molecule has 0 radical (unpaired) electrons. The number of rotatable bonds is 4. The van der Waals surface area contributed by atoms with Crippen molar-refractivity contribution in [3.8, 4) is 5.75 Å². The molecule has 0 spiro atoms. The van der Waals surface area contributed by atoms with Gasteiger partial charge in [-0.25, -0.2) is 9.86 Å². The quantitative estimate of drug-likeness (QED) is 0.706. The van der Waals surface area contributed by atoms with Crippen molar-refractivity contribution < 1.29 is 32.3 Å². The van der Waals surface area contributed by atoms with E-state index in [1.807, 2.05) is 20.8 Å². The van der Waals surface area contributed by atoms with Gasteiger partial charge in [0.1, 0.15) is 5.75 Å². The molecule has 0 unspecified atom stereocenters. The van der Waals surface area contributed by atoms with Gasteiger partial charge < -0.3 is 9.64 Å². The lowest BCUT2D eigenvalue weighted by atomic mass is 10.1. The number of anilines is 1. The third-order valence-electron chi connectivity index (χ3n) is 4.66. The van der Waals surface area contributed by atoms with Crippen molar-refractivity contribution >= 4 is 17.6 Å². The summed E-state index contributed by atoms with van der Waals surface area (Å²) in [5.74, 6) is -0.569. The number of hydrogen-bond acceptors (Lipinski definition) is 4. The number of alkyl halides is 3. The first-order chi connectivity index (χ1) is 13.3. The molecule has 0 bridgehead atoms. The van der Waals surface area contributed by atoms with Crippen molar-refractivity contribution in [3.05, 3.63) is 24.3 Å². The van der Waals surface area contributed by atoms with E-state index in [0.29, 0.717) is 25.2 Å². The van der Waals surface area contributed by atoms with E-state index in [-0.39, 0.29) is 29.8 Å². The molecule has 1 aromatic carbocycles. The fourth-order valence-electron chi connectivity index (χ4n) is 3.65. The standard InChI is InChI=1S/C19H24F3N3O4/c1-12(26)25(29-18(2,3)4)15-9-14-10-23(17(27)24(14)11-15)13-5-7-16(8-6-13)28-19(20,21)22/h5-8,14-15H,9-11H2,1-4H3/t14-,15+/m0/s1. The maximum absolute atomic E-state index is 12.8. The Labute approximate surface area is 166 Å². The van der Waals surface area contributed by atoms with Gasteiger partial charge in [0.05, 0.1) is 17.7 Å². The van der Waals surface area contributed by atoms with Gasteiger partial charge in [0.25, 0.3) is 0 Å². The first-order valence-electron chi connectivity index (χ1n) is 9.27. The van der Waals surface area contributed by atoms with Crippen LogP contribution in [0.3, 0.4) is 0 Å². The molecule has 3 rings (SSSR count). The smallest absolute Gasteiger partial charge is 0.406 e. The summed E-state index contributed by atoms with van der Waals surface area (Å²) in [4.78, 5) is 33.8. The Kier molecular flexibility index (Phi) is 5.42. The zero-order valence-electron chi connectivity index (χ0n) is 16.7. The lowest BCUT2D eigenvalue weighted by Gasteiger charge is -2.33. The van der Waals surface area contributed by atoms with E-state index < -0.39 is 12.0 Å². The molecule has 0 N–H and O–H groups in total. The Morgan fingerprint density at radius 3 is 2.24 bits per heavy atom. The van der Waals surface area contributed by atoms with Gasteiger partial charge in [-0.2, -0.15) is 0 Å².